The van der Waals surface area contributed by atoms with Crippen LogP contribution in [-0.4, -0.2) is 11.2 Å². The SMILES string of the molecule is CSc1ccc(-c2nc(CCl)c(C)o2)cc1. The summed E-state index contributed by atoms with van der Waals surface area (Å²) in [5, 5.41) is 0. The maximum Gasteiger partial charge on any atom is 0.226 e. The standard InChI is InChI=1S/C12H12ClNOS/c1-8-11(7-13)14-12(15-8)9-3-5-10(16-2)6-4-9/h3-6H,7H2,1-2H3. The third-order valence-electron chi connectivity index (χ3n) is 2.36. The molecule has 4 heteroatoms. The Morgan fingerprint density at radius 1 is 1.31 bits per heavy atom. The van der Waals surface area contributed by atoms with Gasteiger partial charge in [-0.25, -0.2) is 4.98 Å². The van der Waals surface area contributed by atoms with Crippen molar-refractivity contribution in [2.45, 2.75) is 17.7 Å². The lowest BCUT2D eigenvalue weighted by Gasteiger charge is -1.97. The monoisotopic (exact) mass is 253 g/mol. The average Bonchev–Trinajstić information content (AvgIpc) is 2.71. The number of aromatic nitrogens is 1. The van der Waals surface area contributed by atoms with Crippen molar-refractivity contribution in [1.29, 1.82) is 0 Å². The molecule has 1 aromatic heterocycles. The van der Waals surface area contributed by atoms with E-state index in [1.54, 1.807) is 11.8 Å². The number of oxazole rings is 1. The van der Waals surface area contributed by atoms with Crippen LogP contribution in [-0.2, 0) is 5.88 Å². The van der Waals surface area contributed by atoms with E-state index in [4.69, 9.17) is 16.0 Å². The van der Waals surface area contributed by atoms with Crippen molar-refractivity contribution in [3.63, 3.8) is 0 Å². The second kappa shape index (κ2) is 4.93. The molecule has 0 bridgehead atoms. The number of thioether (sulfide) groups is 1. The van der Waals surface area contributed by atoms with Crippen LogP contribution in [0.2, 0.25) is 0 Å². The predicted octanol–water partition coefficient (Wildman–Crippen LogP) is 4.11. The van der Waals surface area contributed by atoms with E-state index in [0.717, 1.165) is 17.0 Å². The summed E-state index contributed by atoms with van der Waals surface area (Å²) in [6.45, 7) is 1.88. The molecule has 0 aliphatic carbocycles. The van der Waals surface area contributed by atoms with Crippen LogP contribution in [0, 0.1) is 6.92 Å². The highest BCUT2D eigenvalue weighted by Crippen LogP contribution is 2.24. The molecule has 0 unspecified atom stereocenters. The van der Waals surface area contributed by atoms with Crippen LogP contribution in [0.25, 0.3) is 11.5 Å². The second-order valence-electron chi connectivity index (χ2n) is 3.38. The summed E-state index contributed by atoms with van der Waals surface area (Å²) in [4.78, 5) is 5.58. The van der Waals surface area contributed by atoms with Crippen molar-refractivity contribution in [3.8, 4) is 11.5 Å². The van der Waals surface area contributed by atoms with Gasteiger partial charge in [-0.3, -0.25) is 0 Å². The van der Waals surface area contributed by atoms with Gasteiger partial charge in [-0.05, 0) is 37.4 Å². The van der Waals surface area contributed by atoms with Crippen LogP contribution >= 0.6 is 23.4 Å². The first-order valence-corrected chi connectivity index (χ1v) is 6.67. The van der Waals surface area contributed by atoms with Crippen LogP contribution in [0.3, 0.4) is 0 Å². The predicted molar refractivity (Wildman–Crippen MR) is 68.0 cm³/mol. The summed E-state index contributed by atoms with van der Waals surface area (Å²) < 4.78 is 5.56. The number of aryl methyl sites for hydroxylation is 1. The van der Waals surface area contributed by atoms with Crippen molar-refractivity contribution < 1.29 is 4.42 Å². The minimum absolute atomic E-state index is 0.387. The molecule has 0 fully saturated rings. The smallest absolute Gasteiger partial charge is 0.226 e. The fourth-order valence-electron chi connectivity index (χ4n) is 1.41. The number of rotatable bonds is 3. The molecule has 0 atom stereocenters. The van der Waals surface area contributed by atoms with Gasteiger partial charge in [-0.2, -0.15) is 0 Å². The lowest BCUT2D eigenvalue weighted by atomic mass is 10.2. The highest BCUT2D eigenvalue weighted by molar-refractivity contribution is 7.98. The molecule has 0 spiro atoms. The number of hydrogen-bond acceptors (Lipinski definition) is 3. The summed E-state index contributed by atoms with van der Waals surface area (Å²) in [6.07, 6.45) is 2.05. The Morgan fingerprint density at radius 3 is 2.50 bits per heavy atom. The molecule has 0 amide bonds. The highest BCUT2D eigenvalue weighted by atomic mass is 35.5. The molecular formula is C12H12ClNOS. The summed E-state index contributed by atoms with van der Waals surface area (Å²) >= 11 is 7.47. The van der Waals surface area contributed by atoms with Gasteiger partial charge in [0.05, 0.1) is 11.6 Å². The molecule has 0 N–H and O–H groups in total. The third-order valence-corrected chi connectivity index (χ3v) is 3.35. The van der Waals surface area contributed by atoms with Gasteiger partial charge < -0.3 is 4.42 Å². The first-order chi connectivity index (χ1) is 7.74. The van der Waals surface area contributed by atoms with Gasteiger partial charge in [-0.15, -0.1) is 23.4 Å². The number of benzene rings is 1. The maximum atomic E-state index is 5.75. The van der Waals surface area contributed by atoms with E-state index in [1.165, 1.54) is 4.90 Å². The Bertz CT molecular complexity index is 478. The number of alkyl halides is 1. The molecule has 1 aromatic carbocycles. The Balaban J connectivity index is 2.34. The van der Waals surface area contributed by atoms with Crippen molar-refractivity contribution in [1.82, 2.24) is 4.98 Å². The minimum Gasteiger partial charge on any atom is -0.441 e. The van der Waals surface area contributed by atoms with Crippen LogP contribution < -0.4 is 0 Å². The summed E-state index contributed by atoms with van der Waals surface area (Å²) in [6, 6.07) is 8.13. The van der Waals surface area contributed by atoms with Gasteiger partial charge in [0, 0.05) is 10.5 Å². The second-order valence-corrected chi connectivity index (χ2v) is 4.53. The average molecular weight is 254 g/mol. The molecule has 0 saturated carbocycles. The van der Waals surface area contributed by atoms with Crippen molar-refractivity contribution in [2.75, 3.05) is 6.26 Å². The minimum atomic E-state index is 0.387. The fraction of sp³-hybridized carbons (Fsp3) is 0.250. The van der Waals surface area contributed by atoms with E-state index in [-0.39, 0.29) is 0 Å². The topological polar surface area (TPSA) is 26.0 Å². The molecule has 0 saturated heterocycles. The largest absolute Gasteiger partial charge is 0.441 e. The number of hydrogen-bond donors (Lipinski definition) is 0. The van der Waals surface area contributed by atoms with Crippen LogP contribution in [0.15, 0.2) is 33.6 Å². The zero-order chi connectivity index (χ0) is 11.5. The van der Waals surface area contributed by atoms with Crippen molar-refractivity contribution >= 4 is 23.4 Å². The molecule has 16 heavy (non-hydrogen) atoms. The Hall–Kier alpha value is -0.930. The summed E-state index contributed by atoms with van der Waals surface area (Å²) in [5.74, 6) is 1.82. The molecule has 0 aliphatic heterocycles. The number of nitrogens with zero attached hydrogens (tertiary/aromatic N) is 1. The molecule has 0 radical (unpaired) electrons. The molecule has 84 valence electrons. The van der Waals surface area contributed by atoms with E-state index < -0.39 is 0 Å². The Labute approximate surface area is 104 Å². The first-order valence-electron chi connectivity index (χ1n) is 4.91. The lowest BCUT2D eigenvalue weighted by molar-refractivity contribution is 0.540. The van der Waals surface area contributed by atoms with E-state index in [2.05, 4.69) is 23.4 Å². The van der Waals surface area contributed by atoms with Crippen LogP contribution in [0.4, 0.5) is 0 Å². The quantitative estimate of drug-likeness (QED) is 0.608. The highest BCUT2D eigenvalue weighted by Gasteiger charge is 2.09. The molecule has 0 aliphatic rings. The van der Waals surface area contributed by atoms with Gasteiger partial charge >= 0.3 is 0 Å². The molecule has 1 heterocycles. The first kappa shape index (κ1) is 11.6. The van der Waals surface area contributed by atoms with E-state index in [1.807, 2.05) is 19.1 Å². The van der Waals surface area contributed by atoms with Gasteiger partial charge in [0.2, 0.25) is 5.89 Å². The molecule has 2 aromatic rings. The Morgan fingerprint density at radius 2 is 2.00 bits per heavy atom. The van der Waals surface area contributed by atoms with Crippen LogP contribution in [0.5, 0.6) is 0 Å². The van der Waals surface area contributed by atoms with Crippen molar-refractivity contribution in [3.05, 3.63) is 35.7 Å². The van der Waals surface area contributed by atoms with E-state index >= 15 is 0 Å². The molecule has 2 nitrogen and oxygen atoms in total. The van der Waals surface area contributed by atoms with Crippen LogP contribution in [0.1, 0.15) is 11.5 Å². The van der Waals surface area contributed by atoms with E-state index in [0.29, 0.717) is 11.8 Å². The van der Waals surface area contributed by atoms with E-state index in [9.17, 15) is 0 Å². The fourth-order valence-corrected chi connectivity index (χ4v) is 2.07. The van der Waals surface area contributed by atoms with Gasteiger partial charge in [0.25, 0.3) is 0 Å². The van der Waals surface area contributed by atoms with Gasteiger partial charge in [0.1, 0.15) is 5.76 Å². The van der Waals surface area contributed by atoms with Crippen molar-refractivity contribution in [2.24, 2.45) is 0 Å². The zero-order valence-corrected chi connectivity index (χ0v) is 10.7. The zero-order valence-electron chi connectivity index (χ0n) is 9.16. The number of halogens is 1. The lowest BCUT2D eigenvalue weighted by Crippen LogP contribution is -1.81. The Kier molecular flexibility index (Phi) is 3.56. The third kappa shape index (κ3) is 2.25. The summed E-state index contributed by atoms with van der Waals surface area (Å²) in [7, 11) is 0. The summed E-state index contributed by atoms with van der Waals surface area (Å²) in [5.41, 5.74) is 1.79. The molecular weight excluding hydrogens is 242 g/mol. The van der Waals surface area contributed by atoms with Gasteiger partial charge in [0.15, 0.2) is 0 Å². The normalized spacial score (nSPS) is 10.7. The molecule has 2 rings (SSSR count). The van der Waals surface area contributed by atoms with Gasteiger partial charge in [-0.1, -0.05) is 0 Å². The maximum absolute atomic E-state index is 5.75.